The largest absolute Gasteiger partial charge is 0.481 e. The molecule has 17 heavy (non-hydrogen) atoms. The van der Waals surface area contributed by atoms with Gasteiger partial charge in [0, 0.05) is 17.6 Å². The lowest BCUT2D eigenvalue weighted by Gasteiger charge is -2.21. The van der Waals surface area contributed by atoms with E-state index in [4.69, 9.17) is 4.74 Å². The number of hydrogen-bond acceptors (Lipinski definition) is 2. The Morgan fingerprint density at radius 3 is 2.47 bits per heavy atom. The fourth-order valence-corrected chi connectivity index (χ4v) is 2.23. The normalized spacial score (nSPS) is 16.9. The molecular weight excluding hydrogens is 282 g/mol. The minimum atomic E-state index is -0.408. The Labute approximate surface area is 110 Å². The summed E-state index contributed by atoms with van der Waals surface area (Å²) in [5.41, 5.74) is 0. The lowest BCUT2D eigenvalue weighted by Crippen LogP contribution is -2.38. The average molecular weight is 298 g/mol. The molecule has 0 aliphatic carbocycles. The van der Waals surface area contributed by atoms with Crippen molar-refractivity contribution in [1.29, 1.82) is 0 Å². The molecule has 1 saturated heterocycles. The van der Waals surface area contributed by atoms with Crippen LogP contribution in [0, 0.1) is 0 Å². The summed E-state index contributed by atoms with van der Waals surface area (Å²) >= 11 is 3.36. The summed E-state index contributed by atoms with van der Waals surface area (Å²) in [7, 11) is 0. The second kappa shape index (κ2) is 5.54. The zero-order valence-electron chi connectivity index (χ0n) is 9.86. The summed E-state index contributed by atoms with van der Waals surface area (Å²) in [5.74, 6) is 0.818. The van der Waals surface area contributed by atoms with Gasteiger partial charge in [-0.05, 0) is 44.0 Å². The number of amides is 1. The van der Waals surface area contributed by atoms with Crippen LogP contribution in [0.1, 0.15) is 19.8 Å². The van der Waals surface area contributed by atoms with Gasteiger partial charge in [-0.2, -0.15) is 0 Å². The maximum Gasteiger partial charge on any atom is 0.263 e. The summed E-state index contributed by atoms with van der Waals surface area (Å²) in [5, 5.41) is 0. The Morgan fingerprint density at radius 1 is 1.29 bits per heavy atom. The van der Waals surface area contributed by atoms with Crippen molar-refractivity contribution in [2.45, 2.75) is 25.9 Å². The molecule has 1 amide bonds. The van der Waals surface area contributed by atoms with Crippen molar-refractivity contribution in [2.24, 2.45) is 0 Å². The fraction of sp³-hybridized carbons (Fsp3) is 0.462. The van der Waals surface area contributed by atoms with Crippen LogP contribution in [0.3, 0.4) is 0 Å². The van der Waals surface area contributed by atoms with E-state index in [1.54, 1.807) is 0 Å². The Balaban J connectivity index is 1.93. The molecule has 1 aliphatic heterocycles. The van der Waals surface area contributed by atoms with Gasteiger partial charge in [-0.3, -0.25) is 4.79 Å². The molecule has 1 aromatic carbocycles. The maximum atomic E-state index is 12.0. The molecule has 4 heteroatoms. The number of benzene rings is 1. The van der Waals surface area contributed by atoms with Gasteiger partial charge >= 0.3 is 0 Å². The van der Waals surface area contributed by atoms with Crippen LogP contribution in [0.25, 0.3) is 0 Å². The third kappa shape index (κ3) is 3.22. The van der Waals surface area contributed by atoms with Crippen LogP contribution in [0.15, 0.2) is 28.7 Å². The molecule has 1 heterocycles. The van der Waals surface area contributed by atoms with E-state index < -0.39 is 6.10 Å². The number of likely N-dealkylation sites (tertiary alicyclic amines) is 1. The third-order valence-corrected chi connectivity index (χ3v) is 3.42. The van der Waals surface area contributed by atoms with Crippen molar-refractivity contribution in [3.05, 3.63) is 28.7 Å². The molecule has 2 rings (SSSR count). The smallest absolute Gasteiger partial charge is 0.263 e. The van der Waals surface area contributed by atoms with E-state index in [2.05, 4.69) is 15.9 Å². The Bertz CT molecular complexity index is 385. The second-order valence-electron chi connectivity index (χ2n) is 4.25. The topological polar surface area (TPSA) is 29.5 Å². The first-order valence-corrected chi connectivity index (χ1v) is 6.67. The highest BCUT2D eigenvalue weighted by molar-refractivity contribution is 9.10. The molecule has 1 fully saturated rings. The van der Waals surface area contributed by atoms with Crippen LogP contribution in [-0.2, 0) is 4.79 Å². The lowest BCUT2D eigenvalue weighted by molar-refractivity contribution is -0.136. The first-order chi connectivity index (χ1) is 8.16. The van der Waals surface area contributed by atoms with Crippen molar-refractivity contribution in [2.75, 3.05) is 13.1 Å². The highest BCUT2D eigenvalue weighted by atomic mass is 79.9. The minimum Gasteiger partial charge on any atom is -0.481 e. The van der Waals surface area contributed by atoms with E-state index in [0.29, 0.717) is 0 Å². The van der Waals surface area contributed by atoms with E-state index in [1.807, 2.05) is 36.1 Å². The van der Waals surface area contributed by atoms with E-state index in [-0.39, 0.29) is 5.91 Å². The van der Waals surface area contributed by atoms with Gasteiger partial charge in [-0.1, -0.05) is 15.9 Å². The van der Waals surface area contributed by atoms with E-state index in [9.17, 15) is 4.79 Å². The van der Waals surface area contributed by atoms with Crippen LogP contribution in [-0.4, -0.2) is 30.0 Å². The molecule has 0 unspecified atom stereocenters. The van der Waals surface area contributed by atoms with Gasteiger partial charge < -0.3 is 9.64 Å². The molecule has 1 aromatic rings. The Morgan fingerprint density at radius 2 is 1.88 bits per heavy atom. The molecule has 0 aromatic heterocycles. The van der Waals surface area contributed by atoms with Crippen molar-refractivity contribution in [3.63, 3.8) is 0 Å². The summed E-state index contributed by atoms with van der Waals surface area (Å²) in [4.78, 5) is 13.9. The van der Waals surface area contributed by atoms with Crippen molar-refractivity contribution in [3.8, 4) is 5.75 Å². The zero-order valence-corrected chi connectivity index (χ0v) is 11.4. The summed E-state index contributed by atoms with van der Waals surface area (Å²) in [6.07, 6.45) is 1.81. The number of rotatable bonds is 3. The average Bonchev–Trinajstić information content (AvgIpc) is 2.84. The molecule has 1 aliphatic rings. The second-order valence-corrected chi connectivity index (χ2v) is 5.16. The standard InChI is InChI=1S/C13H16BrNO2/c1-10(13(16)15-8-2-3-9-15)17-12-6-4-11(14)5-7-12/h4-7,10H,2-3,8-9H2,1H3/t10-/m0/s1. The maximum absolute atomic E-state index is 12.0. The first kappa shape index (κ1) is 12.4. The predicted molar refractivity (Wildman–Crippen MR) is 70.0 cm³/mol. The number of nitrogens with zero attached hydrogens (tertiary/aromatic N) is 1. The summed E-state index contributed by atoms with van der Waals surface area (Å²) < 4.78 is 6.63. The zero-order chi connectivity index (χ0) is 12.3. The van der Waals surface area contributed by atoms with Crippen molar-refractivity contribution >= 4 is 21.8 Å². The van der Waals surface area contributed by atoms with Gasteiger partial charge in [0.1, 0.15) is 5.75 Å². The van der Waals surface area contributed by atoms with Gasteiger partial charge in [-0.15, -0.1) is 0 Å². The Hall–Kier alpha value is -1.03. The van der Waals surface area contributed by atoms with Crippen LogP contribution >= 0.6 is 15.9 Å². The van der Waals surface area contributed by atoms with E-state index >= 15 is 0 Å². The molecule has 0 saturated carbocycles. The molecule has 0 spiro atoms. The van der Waals surface area contributed by atoms with Gasteiger partial charge in [0.25, 0.3) is 5.91 Å². The van der Waals surface area contributed by atoms with Crippen LogP contribution in [0.5, 0.6) is 5.75 Å². The van der Waals surface area contributed by atoms with Gasteiger partial charge in [-0.25, -0.2) is 0 Å². The molecule has 0 bridgehead atoms. The quantitative estimate of drug-likeness (QED) is 0.859. The Kier molecular flexibility index (Phi) is 4.05. The lowest BCUT2D eigenvalue weighted by atomic mass is 10.3. The molecule has 3 nitrogen and oxygen atoms in total. The summed E-state index contributed by atoms with van der Waals surface area (Å²) in [6, 6.07) is 7.53. The van der Waals surface area contributed by atoms with Crippen molar-refractivity contribution in [1.82, 2.24) is 4.90 Å². The highest BCUT2D eigenvalue weighted by Gasteiger charge is 2.24. The molecule has 0 N–H and O–H groups in total. The highest BCUT2D eigenvalue weighted by Crippen LogP contribution is 2.18. The number of hydrogen-bond donors (Lipinski definition) is 0. The van der Waals surface area contributed by atoms with Crippen LogP contribution < -0.4 is 4.74 Å². The minimum absolute atomic E-state index is 0.0884. The number of carbonyl (C=O) groups excluding carboxylic acids is 1. The number of ether oxygens (including phenoxy) is 1. The van der Waals surface area contributed by atoms with Gasteiger partial charge in [0.15, 0.2) is 6.10 Å². The molecule has 0 radical (unpaired) electrons. The SMILES string of the molecule is C[C@H](Oc1ccc(Br)cc1)C(=O)N1CCCC1. The molecule has 92 valence electrons. The van der Waals surface area contributed by atoms with E-state index in [1.165, 1.54) is 0 Å². The monoisotopic (exact) mass is 297 g/mol. The predicted octanol–water partition coefficient (Wildman–Crippen LogP) is 2.84. The van der Waals surface area contributed by atoms with E-state index in [0.717, 1.165) is 36.2 Å². The summed E-state index contributed by atoms with van der Waals surface area (Å²) in [6.45, 7) is 3.54. The first-order valence-electron chi connectivity index (χ1n) is 5.88. The van der Waals surface area contributed by atoms with Gasteiger partial charge in [0.05, 0.1) is 0 Å². The fourth-order valence-electron chi connectivity index (χ4n) is 1.96. The molecular formula is C13H16BrNO2. The third-order valence-electron chi connectivity index (χ3n) is 2.89. The number of halogens is 1. The van der Waals surface area contributed by atoms with Crippen LogP contribution in [0.2, 0.25) is 0 Å². The molecule has 1 atom stereocenters. The van der Waals surface area contributed by atoms with Crippen molar-refractivity contribution < 1.29 is 9.53 Å². The van der Waals surface area contributed by atoms with Gasteiger partial charge in [0.2, 0.25) is 0 Å². The number of carbonyl (C=O) groups is 1. The van der Waals surface area contributed by atoms with Crippen LogP contribution in [0.4, 0.5) is 0 Å².